The molecule has 0 radical (unpaired) electrons. The van der Waals surface area contributed by atoms with E-state index in [1.807, 2.05) is 0 Å². The summed E-state index contributed by atoms with van der Waals surface area (Å²) in [5.41, 5.74) is 0. The summed E-state index contributed by atoms with van der Waals surface area (Å²) < 4.78 is 0. The standard InChI is InChI=1S/C9H18N2/c1-2-6-10-9(5-1)11-7-3-4-8-11/h9-10H,1-8H2. The summed E-state index contributed by atoms with van der Waals surface area (Å²) in [5, 5.41) is 3.59. The van der Waals surface area contributed by atoms with Crippen LogP contribution in [0.1, 0.15) is 32.1 Å². The molecular formula is C9H18N2. The number of hydrogen-bond acceptors (Lipinski definition) is 2. The number of piperidine rings is 1. The summed E-state index contributed by atoms with van der Waals surface area (Å²) in [6.45, 7) is 3.90. The van der Waals surface area contributed by atoms with E-state index >= 15 is 0 Å². The van der Waals surface area contributed by atoms with E-state index in [0.717, 1.165) is 6.17 Å². The van der Waals surface area contributed by atoms with E-state index in [1.54, 1.807) is 0 Å². The Morgan fingerprint density at radius 1 is 1.00 bits per heavy atom. The Morgan fingerprint density at radius 2 is 1.82 bits per heavy atom. The lowest BCUT2D eigenvalue weighted by atomic mass is 10.1. The van der Waals surface area contributed by atoms with Crippen LogP contribution in [0.4, 0.5) is 0 Å². The SMILES string of the molecule is C1CCC(N2CCCC2)NC1. The maximum atomic E-state index is 3.59. The normalized spacial score (nSPS) is 34.4. The van der Waals surface area contributed by atoms with Gasteiger partial charge in [0, 0.05) is 0 Å². The smallest absolute Gasteiger partial charge is 0.0597 e. The summed E-state index contributed by atoms with van der Waals surface area (Å²) >= 11 is 0. The number of nitrogens with one attached hydrogen (secondary N) is 1. The van der Waals surface area contributed by atoms with E-state index in [1.165, 1.54) is 51.7 Å². The monoisotopic (exact) mass is 154 g/mol. The molecule has 11 heavy (non-hydrogen) atoms. The van der Waals surface area contributed by atoms with Gasteiger partial charge in [-0.15, -0.1) is 0 Å². The van der Waals surface area contributed by atoms with Gasteiger partial charge in [-0.25, -0.2) is 0 Å². The van der Waals surface area contributed by atoms with Crippen molar-refractivity contribution in [2.24, 2.45) is 0 Å². The summed E-state index contributed by atoms with van der Waals surface area (Å²) in [6, 6.07) is 0. The van der Waals surface area contributed by atoms with Crippen LogP contribution < -0.4 is 5.32 Å². The molecule has 1 unspecified atom stereocenters. The first-order valence-corrected chi connectivity index (χ1v) is 4.94. The predicted octanol–water partition coefficient (Wildman–Crippen LogP) is 1.18. The highest BCUT2D eigenvalue weighted by Crippen LogP contribution is 2.16. The second kappa shape index (κ2) is 3.55. The van der Waals surface area contributed by atoms with Crippen LogP contribution in [0, 0.1) is 0 Å². The van der Waals surface area contributed by atoms with Crippen molar-refractivity contribution in [3.63, 3.8) is 0 Å². The molecule has 0 aromatic rings. The molecule has 2 nitrogen and oxygen atoms in total. The molecule has 0 aromatic heterocycles. The van der Waals surface area contributed by atoms with Crippen LogP contribution in [0.3, 0.4) is 0 Å². The first-order chi connectivity index (χ1) is 5.47. The third kappa shape index (κ3) is 1.74. The quantitative estimate of drug-likeness (QED) is 0.610. The van der Waals surface area contributed by atoms with E-state index in [9.17, 15) is 0 Å². The van der Waals surface area contributed by atoms with Crippen molar-refractivity contribution in [1.29, 1.82) is 0 Å². The molecule has 1 N–H and O–H groups in total. The number of hydrogen-bond donors (Lipinski definition) is 1. The summed E-state index contributed by atoms with van der Waals surface area (Å²) in [4.78, 5) is 2.61. The lowest BCUT2D eigenvalue weighted by Gasteiger charge is -2.31. The van der Waals surface area contributed by atoms with Gasteiger partial charge in [-0.3, -0.25) is 4.90 Å². The van der Waals surface area contributed by atoms with Gasteiger partial charge < -0.3 is 5.32 Å². The maximum absolute atomic E-state index is 3.59. The van der Waals surface area contributed by atoms with Gasteiger partial charge in [0.2, 0.25) is 0 Å². The second-order valence-corrected chi connectivity index (χ2v) is 3.71. The van der Waals surface area contributed by atoms with Gasteiger partial charge >= 0.3 is 0 Å². The van der Waals surface area contributed by atoms with Crippen LogP contribution in [-0.4, -0.2) is 30.7 Å². The molecule has 0 saturated carbocycles. The predicted molar refractivity (Wildman–Crippen MR) is 46.4 cm³/mol. The van der Waals surface area contributed by atoms with E-state index in [2.05, 4.69) is 10.2 Å². The molecule has 2 heteroatoms. The highest BCUT2D eigenvalue weighted by Gasteiger charge is 2.22. The molecule has 2 fully saturated rings. The summed E-state index contributed by atoms with van der Waals surface area (Å²) in [6.07, 6.45) is 7.74. The summed E-state index contributed by atoms with van der Waals surface area (Å²) in [7, 11) is 0. The van der Waals surface area contributed by atoms with Crippen LogP contribution in [-0.2, 0) is 0 Å². The molecule has 0 amide bonds. The fraction of sp³-hybridized carbons (Fsp3) is 1.00. The van der Waals surface area contributed by atoms with E-state index in [4.69, 9.17) is 0 Å². The molecule has 0 bridgehead atoms. The number of likely N-dealkylation sites (tertiary alicyclic amines) is 1. The van der Waals surface area contributed by atoms with Gasteiger partial charge in [0.05, 0.1) is 6.17 Å². The Kier molecular flexibility index (Phi) is 2.44. The van der Waals surface area contributed by atoms with Gasteiger partial charge in [0.25, 0.3) is 0 Å². The first-order valence-electron chi connectivity index (χ1n) is 4.94. The number of rotatable bonds is 1. The van der Waals surface area contributed by atoms with Gasteiger partial charge in [0.15, 0.2) is 0 Å². The van der Waals surface area contributed by atoms with Crippen LogP contribution >= 0.6 is 0 Å². The zero-order valence-electron chi connectivity index (χ0n) is 7.18. The lowest BCUT2D eigenvalue weighted by Crippen LogP contribution is -2.46. The fourth-order valence-electron chi connectivity index (χ4n) is 2.20. The van der Waals surface area contributed by atoms with Crippen molar-refractivity contribution >= 4 is 0 Å². The van der Waals surface area contributed by atoms with Gasteiger partial charge in [0.1, 0.15) is 0 Å². The molecule has 2 aliphatic heterocycles. The second-order valence-electron chi connectivity index (χ2n) is 3.71. The van der Waals surface area contributed by atoms with Crippen molar-refractivity contribution in [2.75, 3.05) is 19.6 Å². The Bertz CT molecular complexity index is 113. The molecular weight excluding hydrogens is 136 g/mol. The van der Waals surface area contributed by atoms with Gasteiger partial charge in [-0.1, -0.05) is 0 Å². The third-order valence-electron chi connectivity index (χ3n) is 2.87. The van der Waals surface area contributed by atoms with Crippen molar-refractivity contribution in [1.82, 2.24) is 10.2 Å². The largest absolute Gasteiger partial charge is 0.302 e. The van der Waals surface area contributed by atoms with Gasteiger partial charge in [-0.05, 0) is 51.7 Å². The van der Waals surface area contributed by atoms with Crippen molar-refractivity contribution < 1.29 is 0 Å². The molecule has 0 aliphatic carbocycles. The van der Waals surface area contributed by atoms with Crippen LogP contribution in [0.2, 0.25) is 0 Å². The lowest BCUT2D eigenvalue weighted by molar-refractivity contribution is 0.170. The molecule has 64 valence electrons. The Morgan fingerprint density at radius 3 is 2.45 bits per heavy atom. The zero-order chi connectivity index (χ0) is 7.52. The Hall–Kier alpha value is -0.0800. The topological polar surface area (TPSA) is 15.3 Å². The van der Waals surface area contributed by atoms with E-state index < -0.39 is 0 Å². The molecule has 0 spiro atoms. The van der Waals surface area contributed by atoms with Crippen LogP contribution in [0.5, 0.6) is 0 Å². The van der Waals surface area contributed by atoms with Crippen molar-refractivity contribution in [3.8, 4) is 0 Å². The van der Waals surface area contributed by atoms with E-state index in [-0.39, 0.29) is 0 Å². The van der Waals surface area contributed by atoms with Crippen molar-refractivity contribution in [2.45, 2.75) is 38.3 Å². The highest BCUT2D eigenvalue weighted by atomic mass is 15.3. The zero-order valence-corrected chi connectivity index (χ0v) is 7.18. The van der Waals surface area contributed by atoms with E-state index in [0.29, 0.717) is 0 Å². The minimum atomic E-state index is 0.728. The molecule has 2 rings (SSSR count). The van der Waals surface area contributed by atoms with Crippen LogP contribution in [0.15, 0.2) is 0 Å². The van der Waals surface area contributed by atoms with Crippen molar-refractivity contribution in [3.05, 3.63) is 0 Å². The van der Waals surface area contributed by atoms with Crippen LogP contribution in [0.25, 0.3) is 0 Å². The highest BCUT2D eigenvalue weighted by molar-refractivity contribution is 4.77. The molecule has 1 atom stereocenters. The van der Waals surface area contributed by atoms with Gasteiger partial charge in [-0.2, -0.15) is 0 Å². The average molecular weight is 154 g/mol. The molecule has 2 heterocycles. The Labute approximate surface area is 69.0 Å². The number of nitrogens with zero attached hydrogens (tertiary/aromatic N) is 1. The maximum Gasteiger partial charge on any atom is 0.0597 e. The molecule has 2 aliphatic rings. The average Bonchev–Trinajstić information content (AvgIpc) is 2.58. The first kappa shape index (κ1) is 7.56. The summed E-state index contributed by atoms with van der Waals surface area (Å²) in [5.74, 6) is 0. The fourth-order valence-corrected chi connectivity index (χ4v) is 2.20. The minimum Gasteiger partial charge on any atom is -0.302 e. The minimum absolute atomic E-state index is 0.728. The third-order valence-corrected chi connectivity index (χ3v) is 2.87. The molecule has 0 aromatic carbocycles. The molecule has 2 saturated heterocycles. The Balaban J connectivity index is 1.82.